The van der Waals surface area contributed by atoms with Crippen molar-refractivity contribution in [2.75, 3.05) is 11.9 Å². The minimum Gasteiger partial charge on any atom is -0.491 e. The number of pyridine rings is 1. The van der Waals surface area contributed by atoms with Crippen LogP contribution in [0, 0.1) is 0 Å². The van der Waals surface area contributed by atoms with E-state index in [0.29, 0.717) is 28.9 Å². The van der Waals surface area contributed by atoms with Gasteiger partial charge in [0.2, 0.25) is 0 Å². The maximum Gasteiger partial charge on any atom is 0.274 e. The van der Waals surface area contributed by atoms with Gasteiger partial charge in [-0.05, 0) is 30.3 Å². The molecule has 0 atom stereocenters. The summed E-state index contributed by atoms with van der Waals surface area (Å²) in [6, 6.07) is 10.5. The summed E-state index contributed by atoms with van der Waals surface area (Å²) in [6.45, 7) is 0.589. The van der Waals surface area contributed by atoms with Crippen molar-refractivity contribution in [3.05, 3.63) is 65.1 Å². The largest absolute Gasteiger partial charge is 0.491 e. The molecule has 0 bridgehead atoms. The van der Waals surface area contributed by atoms with Gasteiger partial charge in [-0.15, -0.1) is 0 Å². The second kappa shape index (κ2) is 5.98. The molecular weight excluding hydrogens is 328 g/mol. The Morgan fingerprint density at radius 3 is 3.04 bits per heavy atom. The van der Waals surface area contributed by atoms with Crippen molar-refractivity contribution in [1.82, 2.24) is 14.8 Å². The minimum absolute atomic E-state index is 0.287. The van der Waals surface area contributed by atoms with Crippen molar-refractivity contribution in [1.29, 1.82) is 0 Å². The van der Waals surface area contributed by atoms with E-state index in [-0.39, 0.29) is 11.6 Å². The number of benzene rings is 1. The van der Waals surface area contributed by atoms with Crippen molar-refractivity contribution in [2.24, 2.45) is 0 Å². The van der Waals surface area contributed by atoms with Gasteiger partial charge in [-0.3, -0.25) is 4.79 Å². The Labute approximate surface area is 143 Å². The average Bonchev–Trinajstić information content (AvgIpc) is 3.26. The van der Waals surface area contributed by atoms with Crippen LogP contribution in [0.4, 0.5) is 5.69 Å². The van der Waals surface area contributed by atoms with Crippen LogP contribution in [0.1, 0.15) is 16.1 Å². The number of anilines is 1. The zero-order chi connectivity index (χ0) is 16.5. The van der Waals surface area contributed by atoms with E-state index < -0.39 is 0 Å². The number of fused-ring (bicyclic) bond motifs is 1. The maximum absolute atomic E-state index is 12.5. The van der Waals surface area contributed by atoms with Gasteiger partial charge >= 0.3 is 0 Å². The molecule has 1 aliphatic heterocycles. The Morgan fingerprint density at radius 2 is 2.21 bits per heavy atom. The van der Waals surface area contributed by atoms with E-state index in [1.807, 2.05) is 6.07 Å². The van der Waals surface area contributed by atoms with Crippen LogP contribution in [-0.2, 0) is 6.42 Å². The number of aromatic nitrogens is 3. The number of nitrogens with one attached hydrogen (secondary N) is 1. The zero-order valence-corrected chi connectivity index (χ0v) is 13.3. The molecule has 3 aromatic rings. The fraction of sp³-hybridized carbons (Fsp3) is 0.118. The zero-order valence-electron chi connectivity index (χ0n) is 12.6. The van der Waals surface area contributed by atoms with Gasteiger partial charge < -0.3 is 10.1 Å². The van der Waals surface area contributed by atoms with Crippen molar-refractivity contribution < 1.29 is 9.53 Å². The van der Waals surface area contributed by atoms with Crippen LogP contribution in [-0.4, -0.2) is 27.3 Å². The Balaban J connectivity index is 1.63. The number of amides is 1. The number of hydrogen-bond acceptors (Lipinski definition) is 4. The highest BCUT2D eigenvalue weighted by Gasteiger charge is 2.20. The summed E-state index contributed by atoms with van der Waals surface area (Å²) < 4.78 is 7.19. The molecule has 7 heteroatoms. The van der Waals surface area contributed by atoms with Crippen LogP contribution in [0.3, 0.4) is 0 Å². The van der Waals surface area contributed by atoms with Crippen molar-refractivity contribution >= 4 is 23.2 Å². The lowest BCUT2D eigenvalue weighted by Crippen LogP contribution is -2.15. The highest BCUT2D eigenvalue weighted by atomic mass is 35.5. The number of carbonyl (C=O) groups is 1. The topological polar surface area (TPSA) is 69.0 Å². The first-order valence-corrected chi connectivity index (χ1v) is 7.82. The minimum atomic E-state index is -0.330. The summed E-state index contributed by atoms with van der Waals surface area (Å²) in [7, 11) is 0. The predicted octanol–water partition coefficient (Wildman–Crippen LogP) is 3.11. The van der Waals surface area contributed by atoms with Crippen molar-refractivity contribution in [3.8, 4) is 11.6 Å². The van der Waals surface area contributed by atoms with E-state index >= 15 is 0 Å². The molecule has 1 N–H and O–H groups in total. The van der Waals surface area contributed by atoms with Crippen LogP contribution < -0.4 is 10.1 Å². The van der Waals surface area contributed by atoms with Gasteiger partial charge in [0.25, 0.3) is 5.91 Å². The van der Waals surface area contributed by atoms with Gasteiger partial charge in [-0.2, -0.15) is 5.10 Å². The first-order chi connectivity index (χ1) is 11.7. The number of hydrogen-bond donors (Lipinski definition) is 1. The fourth-order valence-corrected chi connectivity index (χ4v) is 2.87. The van der Waals surface area contributed by atoms with E-state index in [1.54, 1.807) is 47.4 Å². The van der Waals surface area contributed by atoms with E-state index in [4.69, 9.17) is 16.3 Å². The molecular formula is C17H13ClN4O2. The number of ether oxygens (including phenoxy) is 1. The Hall–Kier alpha value is -2.86. The second-order valence-corrected chi connectivity index (χ2v) is 5.76. The van der Waals surface area contributed by atoms with Gasteiger partial charge in [0.05, 0.1) is 12.3 Å². The van der Waals surface area contributed by atoms with Crippen LogP contribution in [0.25, 0.3) is 5.82 Å². The number of halogens is 1. The van der Waals surface area contributed by atoms with Gasteiger partial charge in [-0.1, -0.05) is 17.7 Å². The smallest absolute Gasteiger partial charge is 0.274 e. The molecule has 120 valence electrons. The summed E-state index contributed by atoms with van der Waals surface area (Å²) in [5, 5.41) is 7.51. The predicted molar refractivity (Wildman–Crippen MR) is 90.0 cm³/mol. The first kappa shape index (κ1) is 14.7. The molecule has 6 nitrogen and oxygen atoms in total. The highest BCUT2D eigenvalue weighted by Crippen LogP contribution is 2.36. The molecule has 1 amide bonds. The van der Waals surface area contributed by atoms with E-state index in [9.17, 15) is 4.79 Å². The molecule has 4 rings (SSSR count). The van der Waals surface area contributed by atoms with Gasteiger partial charge in [-0.25, -0.2) is 9.67 Å². The maximum atomic E-state index is 12.5. The Bertz CT molecular complexity index is 909. The monoisotopic (exact) mass is 340 g/mol. The molecule has 0 fully saturated rings. The fourth-order valence-electron chi connectivity index (χ4n) is 2.63. The standard InChI is InChI=1S/C17H13ClN4O2/c18-12-9-11-5-8-24-16(11)14(10-12)21-17(23)13-3-1-4-15(20-13)22-7-2-6-19-22/h1-4,6-7,9-10H,5,8H2,(H,21,23). The van der Waals surface area contributed by atoms with E-state index in [1.165, 1.54) is 0 Å². The molecule has 0 saturated carbocycles. The van der Waals surface area contributed by atoms with Crippen molar-refractivity contribution in [2.45, 2.75) is 6.42 Å². The van der Waals surface area contributed by atoms with Crippen LogP contribution >= 0.6 is 11.6 Å². The first-order valence-electron chi connectivity index (χ1n) is 7.44. The summed E-state index contributed by atoms with van der Waals surface area (Å²) >= 11 is 6.12. The lowest BCUT2D eigenvalue weighted by atomic mass is 10.1. The van der Waals surface area contributed by atoms with Gasteiger partial charge in [0, 0.05) is 29.4 Å². The average molecular weight is 341 g/mol. The van der Waals surface area contributed by atoms with Gasteiger partial charge in [0.15, 0.2) is 5.82 Å². The van der Waals surface area contributed by atoms with Crippen LogP contribution in [0.2, 0.25) is 5.02 Å². The Morgan fingerprint density at radius 1 is 1.29 bits per heavy atom. The SMILES string of the molecule is O=C(Nc1cc(Cl)cc2c1OCC2)c1cccc(-n2cccn2)n1. The molecule has 0 radical (unpaired) electrons. The molecule has 0 aliphatic carbocycles. The van der Waals surface area contributed by atoms with Crippen molar-refractivity contribution in [3.63, 3.8) is 0 Å². The molecule has 3 heterocycles. The Kier molecular flexibility index (Phi) is 3.66. The molecule has 2 aromatic heterocycles. The number of nitrogens with zero attached hydrogens (tertiary/aromatic N) is 3. The summed E-state index contributed by atoms with van der Waals surface area (Å²) in [5.41, 5.74) is 1.84. The molecule has 0 saturated heterocycles. The molecule has 24 heavy (non-hydrogen) atoms. The lowest BCUT2D eigenvalue weighted by molar-refractivity contribution is 0.102. The molecule has 0 spiro atoms. The molecule has 0 unspecified atom stereocenters. The van der Waals surface area contributed by atoms with Crippen LogP contribution in [0.5, 0.6) is 5.75 Å². The highest BCUT2D eigenvalue weighted by molar-refractivity contribution is 6.31. The van der Waals surface area contributed by atoms with Gasteiger partial charge in [0.1, 0.15) is 11.4 Å². The number of carbonyl (C=O) groups excluding carboxylic acids is 1. The third kappa shape index (κ3) is 2.72. The third-order valence-corrected chi connectivity index (χ3v) is 3.92. The quantitative estimate of drug-likeness (QED) is 0.795. The van der Waals surface area contributed by atoms with Crippen LogP contribution in [0.15, 0.2) is 48.8 Å². The lowest BCUT2D eigenvalue weighted by Gasteiger charge is -2.11. The van der Waals surface area contributed by atoms with E-state index in [0.717, 1.165) is 12.0 Å². The molecule has 1 aliphatic rings. The summed E-state index contributed by atoms with van der Waals surface area (Å²) in [5.74, 6) is 0.917. The normalized spacial score (nSPS) is 12.5. The number of rotatable bonds is 3. The summed E-state index contributed by atoms with van der Waals surface area (Å²) in [4.78, 5) is 16.9. The molecule has 1 aromatic carbocycles. The summed E-state index contributed by atoms with van der Waals surface area (Å²) in [6.07, 6.45) is 4.20. The second-order valence-electron chi connectivity index (χ2n) is 5.33. The third-order valence-electron chi connectivity index (χ3n) is 3.70. The van der Waals surface area contributed by atoms with E-state index in [2.05, 4.69) is 15.4 Å².